The Morgan fingerprint density at radius 2 is 2.17 bits per heavy atom. The standard InChI is InChI=1S/C7H16N2O2S/c1-6(2)9-7-3-4-12(10,11)8-5-7/h6-9H,3-5H2,1-2H3. The molecule has 0 radical (unpaired) electrons. The maximum absolute atomic E-state index is 10.9. The van der Waals surface area contributed by atoms with Crippen LogP contribution in [0.5, 0.6) is 0 Å². The zero-order valence-corrected chi connectivity index (χ0v) is 8.32. The molecular formula is C7H16N2O2S. The van der Waals surface area contributed by atoms with Crippen LogP contribution in [0.1, 0.15) is 20.3 Å². The van der Waals surface area contributed by atoms with Gasteiger partial charge in [-0.05, 0) is 6.42 Å². The topological polar surface area (TPSA) is 58.2 Å². The van der Waals surface area contributed by atoms with Crippen LogP contribution in [0, 0.1) is 0 Å². The van der Waals surface area contributed by atoms with Crippen LogP contribution in [0.15, 0.2) is 0 Å². The maximum atomic E-state index is 10.9. The lowest BCUT2D eigenvalue weighted by atomic mass is 10.2. The Hall–Kier alpha value is -0.130. The van der Waals surface area contributed by atoms with E-state index in [4.69, 9.17) is 0 Å². The molecule has 1 rings (SSSR count). The van der Waals surface area contributed by atoms with Crippen LogP contribution < -0.4 is 10.0 Å². The molecule has 1 saturated heterocycles. The predicted octanol–water partition coefficient (Wildman–Crippen LogP) is -0.324. The fourth-order valence-electron chi connectivity index (χ4n) is 1.31. The molecule has 1 aliphatic heterocycles. The van der Waals surface area contributed by atoms with Gasteiger partial charge in [0.05, 0.1) is 5.75 Å². The van der Waals surface area contributed by atoms with E-state index in [1.807, 2.05) is 0 Å². The van der Waals surface area contributed by atoms with Crippen LogP contribution in [-0.2, 0) is 10.0 Å². The molecule has 0 aromatic rings. The number of hydrogen-bond acceptors (Lipinski definition) is 3. The van der Waals surface area contributed by atoms with Crippen molar-refractivity contribution in [3.63, 3.8) is 0 Å². The van der Waals surface area contributed by atoms with Crippen molar-refractivity contribution in [1.29, 1.82) is 0 Å². The molecule has 1 fully saturated rings. The summed E-state index contributed by atoms with van der Waals surface area (Å²) in [4.78, 5) is 0. The van der Waals surface area contributed by atoms with Gasteiger partial charge in [-0.1, -0.05) is 13.8 Å². The molecule has 0 aliphatic carbocycles. The molecule has 1 heterocycles. The van der Waals surface area contributed by atoms with Gasteiger partial charge in [0.1, 0.15) is 0 Å². The average Bonchev–Trinajstić information content (AvgIpc) is 1.93. The van der Waals surface area contributed by atoms with Gasteiger partial charge >= 0.3 is 0 Å². The minimum Gasteiger partial charge on any atom is -0.310 e. The molecule has 1 aliphatic rings. The third-order valence-corrected chi connectivity index (χ3v) is 3.23. The predicted molar refractivity (Wildman–Crippen MR) is 48.5 cm³/mol. The van der Waals surface area contributed by atoms with E-state index >= 15 is 0 Å². The molecule has 0 amide bonds. The number of nitrogens with one attached hydrogen (secondary N) is 2. The highest BCUT2D eigenvalue weighted by atomic mass is 32.2. The van der Waals surface area contributed by atoms with Gasteiger partial charge < -0.3 is 5.32 Å². The van der Waals surface area contributed by atoms with Crippen molar-refractivity contribution in [1.82, 2.24) is 10.0 Å². The molecule has 12 heavy (non-hydrogen) atoms. The second-order valence-corrected chi connectivity index (χ2v) is 5.40. The summed E-state index contributed by atoms with van der Waals surface area (Å²) in [5, 5.41) is 3.29. The summed E-state index contributed by atoms with van der Waals surface area (Å²) >= 11 is 0. The Kier molecular flexibility index (Phi) is 3.09. The lowest BCUT2D eigenvalue weighted by Gasteiger charge is -2.25. The highest BCUT2D eigenvalue weighted by Crippen LogP contribution is 2.03. The first-order valence-corrected chi connectivity index (χ1v) is 5.88. The van der Waals surface area contributed by atoms with Crippen molar-refractivity contribution in [2.24, 2.45) is 0 Å². The summed E-state index contributed by atoms with van der Waals surface area (Å²) in [6.45, 7) is 4.65. The molecule has 1 atom stereocenters. The SMILES string of the molecule is CC(C)NC1CCS(=O)(=O)NC1. The highest BCUT2D eigenvalue weighted by Gasteiger charge is 2.22. The Bertz CT molecular complexity index is 222. The molecule has 0 bridgehead atoms. The second-order valence-electron chi connectivity index (χ2n) is 3.47. The average molecular weight is 192 g/mol. The van der Waals surface area contributed by atoms with Crippen molar-refractivity contribution in [3.05, 3.63) is 0 Å². The van der Waals surface area contributed by atoms with Crippen LogP contribution >= 0.6 is 0 Å². The van der Waals surface area contributed by atoms with Crippen LogP contribution in [0.4, 0.5) is 0 Å². The largest absolute Gasteiger partial charge is 0.310 e. The minimum absolute atomic E-state index is 0.247. The first-order valence-electron chi connectivity index (χ1n) is 4.23. The third-order valence-electron chi connectivity index (χ3n) is 1.85. The molecule has 0 saturated carbocycles. The molecule has 0 spiro atoms. The second kappa shape index (κ2) is 3.72. The van der Waals surface area contributed by atoms with E-state index in [-0.39, 0.29) is 5.75 Å². The van der Waals surface area contributed by atoms with Gasteiger partial charge in [-0.15, -0.1) is 0 Å². The lowest BCUT2D eigenvalue weighted by molar-refractivity contribution is 0.428. The Labute approximate surface area is 73.8 Å². The van der Waals surface area contributed by atoms with E-state index in [9.17, 15) is 8.42 Å². The van der Waals surface area contributed by atoms with E-state index in [1.165, 1.54) is 0 Å². The number of rotatable bonds is 2. The smallest absolute Gasteiger partial charge is 0.211 e. The van der Waals surface area contributed by atoms with Crippen molar-refractivity contribution in [2.45, 2.75) is 32.4 Å². The Morgan fingerprint density at radius 3 is 2.58 bits per heavy atom. The molecule has 4 nitrogen and oxygen atoms in total. The Balaban J connectivity index is 2.36. The quantitative estimate of drug-likeness (QED) is 0.630. The summed E-state index contributed by atoms with van der Waals surface area (Å²) in [6, 6.07) is 0.714. The Morgan fingerprint density at radius 1 is 1.50 bits per heavy atom. The molecule has 0 aromatic heterocycles. The van der Waals surface area contributed by atoms with E-state index in [2.05, 4.69) is 23.9 Å². The van der Waals surface area contributed by atoms with E-state index in [1.54, 1.807) is 0 Å². The first-order chi connectivity index (χ1) is 5.49. The summed E-state index contributed by atoms with van der Waals surface area (Å²) in [6.07, 6.45) is 0.716. The molecular weight excluding hydrogens is 176 g/mol. The van der Waals surface area contributed by atoms with Crippen LogP contribution in [0.2, 0.25) is 0 Å². The molecule has 2 N–H and O–H groups in total. The van der Waals surface area contributed by atoms with Gasteiger partial charge in [-0.3, -0.25) is 0 Å². The number of sulfonamides is 1. The monoisotopic (exact) mass is 192 g/mol. The van der Waals surface area contributed by atoms with Crippen molar-refractivity contribution < 1.29 is 8.42 Å². The molecule has 5 heteroatoms. The summed E-state index contributed by atoms with van der Waals surface area (Å²) in [5.41, 5.74) is 0. The molecule has 0 aromatic carbocycles. The zero-order chi connectivity index (χ0) is 9.19. The summed E-state index contributed by atoms with van der Waals surface area (Å²) < 4.78 is 24.4. The van der Waals surface area contributed by atoms with Gasteiger partial charge in [0.15, 0.2) is 0 Å². The van der Waals surface area contributed by atoms with E-state index < -0.39 is 10.0 Å². The van der Waals surface area contributed by atoms with Crippen molar-refractivity contribution >= 4 is 10.0 Å². The third kappa shape index (κ3) is 3.08. The normalized spacial score (nSPS) is 29.1. The molecule has 72 valence electrons. The highest BCUT2D eigenvalue weighted by molar-refractivity contribution is 7.89. The molecule has 1 unspecified atom stereocenters. The van der Waals surface area contributed by atoms with Crippen LogP contribution in [0.25, 0.3) is 0 Å². The van der Waals surface area contributed by atoms with Gasteiger partial charge in [-0.25, -0.2) is 13.1 Å². The first kappa shape index (κ1) is 9.95. The van der Waals surface area contributed by atoms with E-state index in [0.717, 1.165) is 0 Å². The van der Waals surface area contributed by atoms with Gasteiger partial charge in [-0.2, -0.15) is 0 Å². The van der Waals surface area contributed by atoms with Gasteiger partial charge in [0, 0.05) is 18.6 Å². The summed E-state index contributed by atoms with van der Waals surface area (Å²) in [7, 11) is -2.94. The van der Waals surface area contributed by atoms with Gasteiger partial charge in [0.25, 0.3) is 0 Å². The summed E-state index contributed by atoms with van der Waals surface area (Å²) in [5.74, 6) is 0.247. The fourth-order valence-corrected chi connectivity index (χ4v) is 2.51. The fraction of sp³-hybridized carbons (Fsp3) is 1.00. The van der Waals surface area contributed by atoms with Crippen LogP contribution in [0.3, 0.4) is 0 Å². The van der Waals surface area contributed by atoms with E-state index in [0.29, 0.717) is 25.0 Å². The van der Waals surface area contributed by atoms with Crippen LogP contribution in [-0.4, -0.2) is 32.8 Å². The minimum atomic E-state index is -2.94. The maximum Gasteiger partial charge on any atom is 0.211 e. The zero-order valence-electron chi connectivity index (χ0n) is 7.50. The van der Waals surface area contributed by atoms with Gasteiger partial charge in [0.2, 0.25) is 10.0 Å². The lowest BCUT2D eigenvalue weighted by Crippen LogP contribution is -2.49. The van der Waals surface area contributed by atoms with Crippen molar-refractivity contribution in [2.75, 3.05) is 12.3 Å². The number of hydrogen-bond donors (Lipinski definition) is 2. The van der Waals surface area contributed by atoms with Crippen molar-refractivity contribution in [3.8, 4) is 0 Å².